The molecule has 2 aliphatic rings. The second-order valence-corrected chi connectivity index (χ2v) is 11.1. The fourth-order valence-corrected chi connectivity index (χ4v) is 6.08. The molecule has 0 unspecified atom stereocenters. The van der Waals surface area contributed by atoms with Crippen LogP contribution in [-0.4, -0.2) is 85.3 Å². The number of urea groups is 1. The molecule has 4 amide bonds. The molecule has 2 saturated heterocycles. The second-order valence-electron chi connectivity index (χ2n) is 11.1. The number of aliphatic hydroxyl groups is 2. The van der Waals surface area contributed by atoms with E-state index in [4.69, 9.17) is 0 Å². The van der Waals surface area contributed by atoms with Crippen molar-refractivity contribution in [1.82, 2.24) is 25.1 Å². The highest BCUT2D eigenvalue weighted by Gasteiger charge is 2.58. The van der Waals surface area contributed by atoms with Gasteiger partial charge in [0.1, 0.15) is 11.9 Å². The molecular formula is C33H33N5O6. The van der Waals surface area contributed by atoms with Gasteiger partial charge in [-0.05, 0) is 46.2 Å². The molecule has 4 aromatic carbocycles. The summed E-state index contributed by atoms with van der Waals surface area (Å²) in [5, 5.41) is 40.7. The van der Waals surface area contributed by atoms with Crippen molar-refractivity contribution in [1.29, 1.82) is 0 Å². The number of phenolic OH excluding ortho intramolecular Hbond substituents is 1. The molecule has 0 bridgehead atoms. The van der Waals surface area contributed by atoms with Gasteiger partial charge in [0.25, 0.3) is 5.91 Å². The monoisotopic (exact) mass is 595 g/mol. The fraction of sp³-hybridized carbons (Fsp3) is 0.242. The van der Waals surface area contributed by atoms with Crippen molar-refractivity contribution in [3.8, 4) is 5.75 Å². The number of carbonyl (C=O) groups is 3. The zero-order chi connectivity index (χ0) is 31.0. The molecule has 6 rings (SSSR count). The number of carbonyl (C=O) groups excluding carboxylic acids is 3. The highest BCUT2D eigenvalue weighted by molar-refractivity contribution is 5.93. The molecule has 226 valence electrons. The summed E-state index contributed by atoms with van der Waals surface area (Å²) in [4.78, 5) is 44.1. The molecule has 4 aromatic rings. The van der Waals surface area contributed by atoms with Gasteiger partial charge in [-0.2, -0.15) is 0 Å². The molecule has 2 fully saturated rings. The minimum atomic E-state index is -2.85. The van der Waals surface area contributed by atoms with Crippen LogP contribution in [0.3, 0.4) is 0 Å². The van der Waals surface area contributed by atoms with Gasteiger partial charge in [0.2, 0.25) is 11.7 Å². The van der Waals surface area contributed by atoms with Gasteiger partial charge in [0.05, 0.1) is 13.1 Å². The van der Waals surface area contributed by atoms with Crippen molar-refractivity contribution in [3.05, 3.63) is 114 Å². The first-order valence-corrected chi connectivity index (χ1v) is 14.3. The van der Waals surface area contributed by atoms with Gasteiger partial charge in [-0.25, -0.2) is 14.8 Å². The number of piperazine rings is 1. The maximum Gasteiger partial charge on any atom is 0.334 e. The first-order chi connectivity index (χ1) is 21.1. The van der Waals surface area contributed by atoms with Gasteiger partial charge in [-0.15, -0.1) is 0 Å². The average Bonchev–Trinajstić information content (AvgIpc) is 3.01. The number of benzene rings is 4. The molecule has 0 saturated carbocycles. The Morgan fingerprint density at radius 1 is 0.909 bits per heavy atom. The van der Waals surface area contributed by atoms with Crippen molar-refractivity contribution in [2.45, 2.75) is 31.1 Å². The van der Waals surface area contributed by atoms with Crippen molar-refractivity contribution < 1.29 is 29.7 Å². The number of hydrogen-bond donors (Lipinski definition) is 4. The highest BCUT2D eigenvalue weighted by atomic mass is 16.5. The Bertz CT molecular complexity index is 1690. The maximum atomic E-state index is 14.3. The second kappa shape index (κ2) is 11.6. The van der Waals surface area contributed by atoms with E-state index >= 15 is 0 Å². The number of aromatic hydroxyl groups is 1. The minimum absolute atomic E-state index is 0.0704. The summed E-state index contributed by atoms with van der Waals surface area (Å²) in [6, 6.07) is 25.6. The summed E-state index contributed by atoms with van der Waals surface area (Å²) in [5.74, 6) is -4.18. The summed E-state index contributed by atoms with van der Waals surface area (Å²) in [6.07, 6.45) is -1.05. The largest absolute Gasteiger partial charge is 0.508 e. The van der Waals surface area contributed by atoms with Gasteiger partial charge in [-0.1, -0.05) is 72.8 Å². The Morgan fingerprint density at radius 3 is 2.34 bits per heavy atom. The third kappa shape index (κ3) is 5.32. The number of phenols is 1. The molecule has 0 radical (unpaired) electrons. The number of rotatable bonds is 6. The average molecular weight is 596 g/mol. The molecule has 44 heavy (non-hydrogen) atoms. The third-order valence-corrected chi connectivity index (χ3v) is 8.24. The van der Waals surface area contributed by atoms with Crippen molar-refractivity contribution in [3.63, 3.8) is 0 Å². The first-order valence-electron chi connectivity index (χ1n) is 14.3. The van der Waals surface area contributed by atoms with Crippen molar-refractivity contribution in [2.75, 3.05) is 20.1 Å². The SMILES string of the molecule is CN1CC(=O)N2[C@H](CN(Cc3cccc4ccccc34)C(=O)[C@@H]2C(O)(O)c2ccc(O)cc2)N1C(=O)NCc1ccccc1. The molecule has 4 N–H and O–H groups in total. The number of nitrogens with one attached hydrogen (secondary N) is 1. The summed E-state index contributed by atoms with van der Waals surface area (Å²) in [6.45, 7) is -0.0126. The molecule has 11 nitrogen and oxygen atoms in total. The summed E-state index contributed by atoms with van der Waals surface area (Å²) in [7, 11) is 1.60. The van der Waals surface area contributed by atoms with Crippen LogP contribution in [0.25, 0.3) is 10.8 Å². The number of nitrogens with zero attached hydrogens (tertiary/aromatic N) is 4. The summed E-state index contributed by atoms with van der Waals surface area (Å²) in [5.41, 5.74) is 1.61. The molecule has 2 atom stereocenters. The molecule has 2 heterocycles. The van der Waals surface area contributed by atoms with E-state index in [-0.39, 0.29) is 37.5 Å². The first kappa shape index (κ1) is 29.1. The van der Waals surface area contributed by atoms with Crippen molar-refractivity contribution in [2.24, 2.45) is 0 Å². The number of amides is 4. The number of hydrogen-bond acceptors (Lipinski definition) is 7. The molecule has 11 heteroatoms. The zero-order valence-electron chi connectivity index (χ0n) is 24.1. The fourth-order valence-electron chi connectivity index (χ4n) is 6.08. The third-order valence-electron chi connectivity index (χ3n) is 8.24. The molecule has 0 aromatic heterocycles. The topological polar surface area (TPSA) is 137 Å². The Morgan fingerprint density at radius 2 is 1.59 bits per heavy atom. The predicted octanol–water partition coefficient (Wildman–Crippen LogP) is 2.32. The van der Waals surface area contributed by atoms with Crippen LogP contribution in [0, 0.1) is 0 Å². The predicted molar refractivity (Wildman–Crippen MR) is 161 cm³/mol. The number of fused-ring (bicyclic) bond motifs is 2. The minimum Gasteiger partial charge on any atom is -0.508 e. The molecule has 0 spiro atoms. The Kier molecular flexibility index (Phi) is 7.68. The van der Waals surface area contributed by atoms with Gasteiger partial charge >= 0.3 is 6.03 Å². The van der Waals surface area contributed by atoms with Crippen LogP contribution in [-0.2, 0) is 28.5 Å². The molecule has 2 aliphatic heterocycles. The van der Waals surface area contributed by atoms with E-state index in [1.807, 2.05) is 72.8 Å². The molecule has 0 aliphatic carbocycles. The maximum absolute atomic E-state index is 14.3. The summed E-state index contributed by atoms with van der Waals surface area (Å²) >= 11 is 0. The standard InChI is InChI=1S/C33H33N5O6/c1-35-21-29(40)37-28(38(35)32(42)34-18-22-8-3-2-4-9-22)20-36(19-24-12-7-11-23-10-5-6-13-27(23)24)31(41)30(37)33(43,44)25-14-16-26(39)17-15-25/h2-17,28,30,39,43-44H,18-21H2,1H3,(H,34,42)/t28-,30+/m0/s1. The van der Waals surface area contributed by atoms with E-state index in [2.05, 4.69) is 5.32 Å². The smallest absolute Gasteiger partial charge is 0.334 e. The highest BCUT2D eigenvalue weighted by Crippen LogP contribution is 2.36. The van der Waals surface area contributed by atoms with E-state index in [0.717, 1.165) is 26.8 Å². The quantitative estimate of drug-likeness (QED) is 0.251. The van der Waals surface area contributed by atoms with E-state index in [0.29, 0.717) is 0 Å². The van der Waals surface area contributed by atoms with Gasteiger partial charge in [0.15, 0.2) is 6.04 Å². The number of hydrazine groups is 1. The van der Waals surface area contributed by atoms with Crippen LogP contribution < -0.4 is 5.32 Å². The van der Waals surface area contributed by atoms with Crippen LogP contribution in [0.1, 0.15) is 16.7 Å². The van der Waals surface area contributed by atoms with Gasteiger partial charge in [0, 0.05) is 25.7 Å². The van der Waals surface area contributed by atoms with E-state index in [9.17, 15) is 29.7 Å². The van der Waals surface area contributed by atoms with Gasteiger partial charge in [-0.3, -0.25) is 9.59 Å². The lowest BCUT2D eigenvalue weighted by atomic mass is 9.91. The Hall–Kier alpha value is -4.97. The van der Waals surface area contributed by atoms with E-state index in [1.54, 1.807) is 7.05 Å². The van der Waals surface area contributed by atoms with Gasteiger partial charge < -0.3 is 30.4 Å². The lowest BCUT2D eigenvalue weighted by Gasteiger charge is -2.56. The van der Waals surface area contributed by atoms with Crippen LogP contribution in [0.15, 0.2) is 97.1 Å². The Labute approximate surface area is 254 Å². The zero-order valence-corrected chi connectivity index (χ0v) is 24.1. The van der Waals surface area contributed by atoms with Crippen LogP contribution >= 0.6 is 0 Å². The van der Waals surface area contributed by atoms with E-state index in [1.165, 1.54) is 39.2 Å². The normalized spacial score (nSPS) is 19.3. The van der Waals surface area contributed by atoms with Crippen LogP contribution in [0.4, 0.5) is 4.79 Å². The lowest BCUT2D eigenvalue weighted by Crippen LogP contribution is -2.78. The lowest BCUT2D eigenvalue weighted by molar-refractivity contribution is -0.251. The van der Waals surface area contributed by atoms with Crippen LogP contribution in [0.5, 0.6) is 5.75 Å². The number of likely N-dealkylation sites (N-methyl/N-ethyl adjacent to an activating group) is 1. The molecular weight excluding hydrogens is 562 g/mol. The van der Waals surface area contributed by atoms with E-state index < -0.39 is 35.8 Å². The summed E-state index contributed by atoms with van der Waals surface area (Å²) < 4.78 is 0. The van der Waals surface area contributed by atoms with Crippen LogP contribution in [0.2, 0.25) is 0 Å². The van der Waals surface area contributed by atoms with Crippen molar-refractivity contribution >= 4 is 28.6 Å². The Balaban J connectivity index is 1.40.